The molecule has 0 unspecified atom stereocenters. The van der Waals surface area contributed by atoms with Crippen LogP contribution in [0.25, 0.3) is 22.5 Å². The quantitative estimate of drug-likeness (QED) is 0.140. The molecule has 6 heterocycles. The Morgan fingerprint density at radius 2 is 1.37 bits per heavy atom. The Kier molecular flexibility index (Phi) is 11.4. The van der Waals surface area contributed by atoms with Gasteiger partial charge in [0, 0.05) is 52.6 Å². The molecule has 0 amide bonds. The van der Waals surface area contributed by atoms with Crippen molar-refractivity contribution in [1.29, 1.82) is 0 Å². The van der Waals surface area contributed by atoms with E-state index in [0.717, 1.165) is 88.7 Å². The monoisotopic (exact) mass is 863 g/mol. The Morgan fingerprint density at radius 3 is 2.08 bits per heavy atom. The van der Waals surface area contributed by atoms with Gasteiger partial charge < -0.3 is 9.47 Å². The molecule has 2 aromatic carbocycles. The molecule has 17 heteroatoms. The number of aromatic amines is 1. The molecule has 62 heavy (non-hydrogen) atoms. The first-order valence-corrected chi connectivity index (χ1v) is 21.6. The first kappa shape index (κ1) is 40.4. The summed E-state index contributed by atoms with van der Waals surface area (Å²) in [5, 5.41) is 13.2. The first-order valence-electron chi connectivity index (χ1n) is 20.0. The minimum Gasteiger partial charge on any atom is -0.497 e. The summed E-state index contributed by atoms with van der Waals surface area (Å²) in [6.45, 7) is 4.97. The van der Waals surface area contributed by atoms with Crippen LogP contribution in [-0.4, -0.2) is 75.7 Å². The Morgan fingerprint density at radius 1 is 0.710 bits per heavy atom. The molecule has 6 aromatic heterocycles. The average molecular weight is 864 g/mol. The topological polar surface area (TPSA) is 180 Å². The van der Waals surface area contributed by atoms with Crippen molar-refractivity contribution in [1.82, 2.24) is 49.9 Å². The summed E-state index contributed by atoms with van der Waals surface area (Å²) in [6, 6.07) is 19.5. The fourth-order valence-electron chi connectivity index (χ4n) is 7.29. The summed E-state index contributed by atoms with van der Waals surface area (Å²) in [4.78, 5) is 57.1. The van der Waals surface area contributed by atoms with Crippen LogP contribution in [-0.2, 0) is 32.4 Å². The molecule has 0 bridgehead atoms. The number of ether oxygens (including phenoxy) is 2. The van der Waals surface area contributed by atoms with Crippen molar-refractivity contribution in [2.24, 2.45) is 0 Å². The van der Waals surface area contributed by atoms with Crippen LogP contribution in [0.2, 0.25) is 0 Å². The highest BCUT2D eigenvalue weighted by Crippen LogP contribution is 2.40. The second-order valence-electron chi connectivity index (χ2n) is 14.8. The van der Waals surface area contributed by atoms with Gasteiger partial charge in [0.05, 0.1) is 62.4 Å². The van der Waals surface area contributed by atoms with Crippen LogP contribution >= 0.6 is 22.7 Å². The van der Waals surface area contributed by atoms with Gasteiger partial charge >= 0.3 is 0 Å². The number of thiazole rings is 2. The lowest BCUT2D eigenvalue weighted by atomic mass is 10.1. The van der Waals surface area contributed by atoms with Gasteiger partial charge in [-0.15, -0.1) is 22.7 Å². The Labute approximate surface area is 364 Å². The fraction of sp³-hybridized carbons (Fsp3) is 0.244. The number of nitrogens with zero attached hydrogens (tertiary/aromatic N) is 10. The van der Waals surface area contributed by atoms with E-state index in [0.29, 0.717) is 56.1 Å². The number of ketones is 2. The van der Waals surface area contributed by atoms with Gasteiger partial charge in [-0.1, -0.05) is 24.3 Å². The van der Waals surface area contributed by atoms with Crippen LogP contribution in [0.1, 0.15) is 76.9 Å². The number of nitrogens with one attached hydrogen (secondary N) is 1. The number of methoxy groups -OCH3 is 2. The lowest BCUT2D eigenvalue weighted by molar-refractivity contribution is 0.0971. The van der Waals surface area contributed by atoms with Gasteiger partial charge in [0.1, 0.15) is 33.7 Å². The second-order valence-corrected chi connectivity index (χ2v) is 17.0. The van der Waals surface area contributed by atoms with Crippen molar-refractivity contribution in [3.05, 3.63) is 140 Å². The number of fused-ring (bicyclic) bond motifs is 6. The highest BCUT2D eigenvalue weighted by Gasteiger charge is 2.30. The number of carbonyl (C=O) groups is 2. The maximum Gasteiger partial charge on any atom is 0.232 e. The molecule has 0 saturated heterocycles. The zero-order chi connectivity index (χ0) is 42.7. The van der Waals surface area contributed by atoms with E-state index in [1.807, 2.05) is 90.3 Å². The van der Waals surface area contributed by atoms with Crippen molar-refractivity contribution in [3.63, 3.8) is 0 Å². The molecule has 0 atom stereocenters. The van der Waals surface area contributed by atoms with Crippen molar-refractivity contribution in [3.8, 4) is 34.0 Å². The van der Waals surface area contributed by atoms with Gasteiger partial charge in [0.15, 0.2) is 16.7 Å². The smallest absolute Gasteiger partial charge is 0.232 e. The standard InChI is InChI=1S/C30H28N6O3S.C15H13N5OS/c1-19-14-15-31-29(32-19)36(17-21-6-10-23(39-3)11-7-21)30-33-28-24-18-35(16-20-4-8-22(38-2)9-5-20)34-27(24)25(37)12-13-26(28)40-30;1-8-4-5-16-12(18-8)6-13-19-15-9-7-17-20-14(9)10(21)2-3-11(15)22-13/h4-11,14-15,18H,12-13,16-17H2,1-3H3;4-5,7H,2-3,6H2,1H3,(H,17,20). The van der Waals surface area contributed by atoms with E-state index in [2.05, 4.69) is 30.2 Å². The highest BCUT2D eigenvalue weighted by molar-refractivity contribution is 7.16. The molecular weight excluding hydrogens is 823 g/mol. The summed E-state index contributed by atoms with van der Waals surface area (Å²) in [5.74, 6) is 3.07. The number of aromatic nitrogens is 10. The predicted octanol–water partition coefficient (Wildman–Crippen LogP) is 7.99. The van der Waals surface area contributed by atoms with Crippen molar-refractivity contribution in [2.45, 2.75) is 59.0 Å². The average Bonchev–Trinajstić information content (AvgIpc) is 4.09. The molecule has 0 spiro atoms. The number of hydrogen-bond acceptors (Lipinski definition) is 15. The number of anilines is 2. The van der Waals surface area contributed by atoms with Crippen LogP contribution < -0.4 is 14.4 Å². The van der Waals surface area contributed by atoms with E-state index in [9.17, 15) is 9.59 Å². The third-order valence-corrected chi connectivity index (χ3v) is 12.7. The first-order chi connectivity index (χ1) is 30.2. The highest BCUT2D eigenvalue weighted by atomic mass is 32.1. The zero-order valence-corrected chi connectivity index (χ0v) is 36.1. The van der Waals surface area contributed by atoms with Gasteiger partial charge in [-0.3, -0.25) is 24.3 Å². The van der Waals surface area contributed by atoms with Gasteiger partial charge in [0.2, 0.25) is 5.95 Å². The van der Waals surface area contributed by atoms with Crippen molar-refractivity contribution < 1.29 is 19.1 Å². The summed E-state index contributed by atoms with van der Waals surface area (Å²) in [6.07, 6.45) is 9.98. The van der Waals surface area contributed by atoms with Crippen LogP contribution in [0.4, 0.5) is 11.1 Å². The predicted molar refractivity (Wildman–Crippen MR) is 236 cm³/mol. The lowest BCUT2D eigenvalue weighted by Crippen LogP contribution is -2.19. The second kappa shape index (κ2) is 17.6. The largest absolute Gasteiger partial charge is 0.497 e. The molecule has 2 aliphatic carbocycles. The Hall–Kier alpha value is -6.98. The van der Waals surface area contributed by atoms with Gasteiger partial charge in [-0.25, -0.2) is 29.9 Å². The molecule has 0 saturated carbocycles. The molecule has 0 fully saturated rings. The molecule has 2 aliphatic rings. The summed E-state index contributed by atoms with van der Waals surface area (Å²) in [7, 11) is 3.30. The third-order valence-electron chi connectivity index (χ3n) is 10.5. The number of H-pyrrole nitrogens is 1. The summed E-state index contributed by atoms with van der Waals surface area (Å²) in [5.41, 5.74) is 8.25. The summed E-state index contributed by atoms with van der Waals surface area (Å²) < 4.78 is 12.4. The van der Waals surface area contributed by atoms with Crippen LogP contribution in [0.15, 0.2) is 85.5 Å². The van der Waals surface area contributed by atoms with Gasteiger partial charge in [0.25, 0.3) is 0 Å². The SMILES string of the molecule is COc1ccc(CN(c2nccc(C)n2)c2nc3c(s2)CCC(=O)c2nn(Cc4ccc(OC)cc4)cc2-3)cc1.Cc1ccnc(Cc2nc3c(s2)CCC(=O)c2[nH]ncc2-3)n1. The molecular formula is C45H41N11O4S2. The maximum absolute atomic E-state index is 13.0. The molecule has 1 N–H and O–H groups in total. The Balaban J connectivity index is 0.000000187. The van der Waals surface area contributed by atoms with E-state index in [4.69, 9.17) is 24.4 Å². The number of rotatable bonds is 10. The number of aryl methyl sites for hydroxylation is 4. The molecule has 0 aliphatic heterocycles. The van der Waals surface area contributed by atoms with E-state index in [1.165, 1.54) is 0 Å². The minimum absolute atomic E-state index is 0.0346. The molecule has 10 rings (SSSR count). The van der Waals surface area contributed by atoms with Gasteiger partial charge in [-0.05, 0) is 74.2 Å². The van der Waals surface area contributed by atoms with E-state index in [-0.39, 0.29) is 11.6 Å². The third kappa shape index (κ3) is 8.62. The minimum atomic E-state index is 0.0346. The number of benzene rings is 2. The molecule has 0 radical (unpaired) electrons. The van der Waals surface area contributed by atoms with E-state index >= 15 is 0 Å². The number of Topliss-reactive ketones (excluding diaryl/α,β-unsaturated/α-hetero) is 2. The number of hydrogen-bond donors (Lipinski definition) is 1. The number of carbonyl (C=O) groups excluding carboxylic acids is 2. The molecule has 8 aromatic rings. The maximum atomic E-state index is 13.0. The zero-order valence-electron chi connectivity index (χ0n) is 34.5. The molecule has 15 nitrogen and oxygen atoms in total. The van der Waals surface area contributed by atoms with Crippen LogP contribution in [0.5, 0.6) is 11.5 Å². The van der Waals surface area contributed by atoms with E-state index < -0.39 is 0 Å². The van der Waals surface area contributed by atoms with Gasteiger partial charge in [-0.2, -0.15) is 10.2 Å². The lowest BCUT2D eigenvalue weighted by Gasteiger charge is -2.20. The normalized spacial score (nSPS) is 12.8. The molecule has 312 valence electrons. The Bertz CT molecular complexity index is 2900. The van der Waals surface area contributed by atoms with E-state index in [1.54, 1.807) is 55.5 Å². The van der Waals surface area contributed by atoms with Crippen LogP contribution in [0.3, 0.4) is 0 Å². The fourth-order valence-corrected chi connectivity index (χ4v) is 9.44. The van der Waals surface area contributed by atoms with Crippen LogP contribution in [0, 0.1) is 13.8 Å². The summed E-state index contributed by atoms with van der Waals surface area (Å²) >= 11 is 3.21. The van der Waals surface area contributed by atoms with Crippen molar-refractivity contribution in [2.75, 3.05) is 19.1 Å². The van der Waals surface area contributed by atoms with Crippen molar-refractivity contribution >= 4 is 45.3 Å².